The Morgan fingerprint density at radius 3 is 2.73 bits per heavy atom. The molecule has 0 rings (SSSR count). The second-order valence-electron chi connectivity index (χ2n) is 2.36. The van der Waals surface area contributed by atoms with Gasteiger partial charge in [-0.3, -0.25) is 9.18 Å². The van der Waals surface area contributed by atoms with E-state index in [1.165, 1.54) is 7.11 Å². The molecule has 0 amide bonds. The third kappa shape index (κ3) is 4.72. The van der Waals surface area contributed by atoms with E-state index in [1.807, 2.05) is 0 Å². The van der Waals surface area contributed by atoms with Gasteiger partial charge < -0.3 is 10.5 Å². The lowest BCUT2D eigenvalue weighted by molar-refractivity contribution is -0.141. The minimum Gasteiger partial charge on any atom is -0.469 e. The van der Waals surface area contributed by atoms with Crippen LogP contribution in [0.3, 0.4) is 0 Å². The molecule has 0 fully saturated rings. The van der Waals surface area contributed by atoms with Crippen LogP contribution >= 0.6 is 0 Å². The lowest BCUT2D eigenvalue weighted by atomic mass is 10.0. The van der Waals surface area contributed by atoms with Crippen molar-refractivity contribution in [2.45, 2.75) is 12.8 Å². The Hall–Kier alpha value is -0.640. The first-order chi connectivity index (χ1) is 5.24. The summed E-state index contributed by atoms with van der Waals surface area (Å²) >= 11 is 0. The summed E-state index contributed by atoms with van der Waals surface area (Å²) in [7, 11) is 1.31. The minimum absolute atomic E-state index is 0.0764. The summed E-state index contributed by atoms with van der Waals surface area (Å²) in [6.45, 7) is -0.0993. The predicted octanol–water partition coefficient (Wildman–Crippen LogP) is 0.484. The molecule has 0 heterocycles. The van der Waals surface area contributed by atoms with Gasteiger partial charge in [0.2, 0.25) is 0 Å². The van der Waals surface area contributed by atoms with Crippen molar-refractivity contribution in [2.24, 2.45) is 11.7 Å². The van der Waals surface area contributed by atoms with Crippen molar-refractivity contribution < 1.29 is 13.9 Å². The zero-order chi connectivity index (χ0) is 8.69. The first-order valence-electron chi connectivity index (χ1n) is 3.57. The average Bonchev–Trinajstić information content (AvgIpc) is 2.03. The molecular formula is C7H14FNO2. The smallest absolute Gasteiger partial charge is 0.305 e. The molecule has 4 heteroatoms. The zero-order valence-corrected chi connectivity index (χ0v) is 6.68. The largest absolute Gasteiger partial charge is 0.469 e. The van der Waals surface area contributed by atoms with E-state index in [0.717, 1.165) is 0 Å². The summed E-state index contributed by atoms with van der Waals surface area (Å²) in [5.41, 5.74) is 5.29. The van der Waals surface area contributed by atoms with E-state index in [1.54, 1.807) is 0 Å². The van der Waals surface area contributed by atoms with E-state index in [2.05, 4.69) is 4.74 Å². The van der Waals surface area contributed by atoms with Crippen LogP contribution in [0.5, 0.6) is 0 Å². The summed E-state index contributed by atoms with van der Waals surface area (Å²) in [6, 6.07) is 0. The highest BCUT2D eigenvalue weighted by Gasteiger charge is 2.11. The van der Waals surface area contributed by atoms with E-state index in [9.17, 15) is 9.18 Å². The first kappa shape index (κ1) is 10.4. The van der Waals surface area contributed by atoms with Gasteiger partial charge in [0, 0.05) is 6.42 Å². The number of methoxy groups -OCH3 is 1. The van der Waals surface area contributed by atoms with E-state index in [4.69, 9.17) is 5.73 Å². The van der Waals surface area contributed by atoms with Crippen molar-refractivity contribution in [2.75, 3.05) is 20.3 Å². The van der Waals surface area contributed by atoms with Gasteiger partial charge in [0.1, 0.15) is 0 Å². The quantitative estimate of drug-likeness (QED) is 0.600. The Morgan fingerprint density at radius 1 is 1.73 bits per heavy atom. The van der Waals surface area contributed by atoms with Gasteiger partial charge >= 0.3 is 5.97 Å². The molecule has 3 nitrogen and oxygen atoms in total. The Labute approximate surface area is 65.7 Å². The molecule has 0 saturated heterocycles. The Balaban J connectivity index is 3.58. The summed E-state index contributed by atoms with van der Waals surface area (Å²) in [6.07, 6.45) is 0.558. The van der Waals surface area contributed by atoms with Crippen molar-refractivity contribution in [3.8, 4) is 0 Å². The summed E-state index contributed by atoms with van der Waals surface area (Å²) in [5.74, 6) is -0.402. The topological polar surface area (TPSA) is 52.3 Å². The maximum Gasteiger partial charge on any atom is 0.305 e. The molecule has 0 bridgehead atoms. The molecular weight excluding hydrogens is 149 g/mol. The Morgan fingerprint density at radius 2 is 2.36 bits per heavy atom. The molecule has 1 atom stereocenters. The van der Waals surface area contributed by atoms with Gasteiger partial charge in [0.15, 0.2) is 0 Å². The van der Waals surface area contributed by atoms with Gasteiger partial charge in [0.05, 0.1) is 13.8 Å². The number of hydrogen-bond acceptors (Lipinski definition) is 3. The van der Waals surface area contributed by atoms with E-state index < -0.39 is 6.67 Å². The number of rotatable bonds is 5. The molecule has 0 aromatic rings. The van der Waals surface area contributed by atoms with Crippen LogP contribution in [0.25, 0.3) is 0 Å². The molecule has 0 aromatic carbocycles. The number of carbonyl (C=O) groups is 1. The Kier molecular flexibility index (Phi) is 5.74. The van der Waals surface area contributed by atoms with Crippen molar-refractivity contribution in [1.82, 2.24) is 0 Å². The molecule has 0 spiro atoms. The molecule has 2 N–H and O–H groups in total. The number of carbonyl (C=O) groups excluding carboxylic acids is 1. The van der Waals surface area contributed by atoms with Crippen molar-refractivity contribution in [1.29, 1.82) is 0 Å². The van der Waals surface area contributed by atoms with Crippen LogP contribution in [-0.4, -0.2) is 26.3 Å². The predicted molar refractivity (Wildman–Crippen MR) is 39.8 cm³/mol. The third-order valence-electron chi connectivity index (χ3n) is 1.53. The monoisotopic (exact) mass is 163 g/mol. The zero-order valence-electron chi connectivity index (χ0n) is 6.68. The second-order valence-corrected chi connectivity index (χ2v) is 2.36. The van der Waals surface area contributed by atoms with Gasteiger partial charge in [-0.25, -0.2) is 0 Å². The highest BCUT2D eigenvalue weighted by Crippen LogP contribution is 2.07. The molecule has 0 aliphatic heterocycles. The van der Waals surface area contributed by atoms with E-state index >= 15 is 0 Å². The van der Waals surface area contributed by atoms with Gasteiger partial charge in [-0.05, 0) is 18.9 Å². The maximum absolute atomic E-state index is 11.8. The van der Waals surface area contributed by atoms with Gasteiger partial charge in [-0.2, -0.15) is 0 Å². The molecule has 1 unspecified atom stereocenters. The number of nitrogens with two attached hydrogens (primary N) is 1. The van der Waals surface area contributed by atoms with Crippen molar-refractivity contribution in [3.63, 3.8) is 0 Å². The summed E-state index contributed by atoms with van der Waals surface area (Å²) < 4.78 is 16.2. The van der Waals surface area contributed by atoms with Gasteiger partial charge in [0.25, 0.3) is 0 Å². The fraction of sp³-hybridized carbons (Fsp3) is 0.857. The van der Waals surface area contributed by atoms with Gasteiger partial charge in [-0.15, -0.1) is 0 Å². The van der Waals surface area contributed by atoms with Crippen molar-refractivity contribution >= 4 is 5.97 Å². The Bertz CT molecular complexity index is 119. The fourth-order valence-corrected chi connectivity index (χ4v) is 0.777. The summed E-state index contributed by atoms with van der Waals surface area (Å²) in [4.78, 5) is 10.7. The highest BCUT2D eigenvalue weighted by atomic mass is 19.1. The van der Waals surface area contributed by atoms with E-state index in [-0.39, 0.29) is 18.3 Å². The molecule has 0 aromatic heterocycles. The molecule has 0 aliphatic rings. The molecule has 66 valence electrons. The summed E-state index contributed by atoms with van der Waals surface area (Å²) in [5, 5.41) is 0. The third-order valence-corrected chi connectivity index (χ3v) is 1.53. The average molecular weight is 163 g/mol. The fourth-order valence-electron chi connectivity index (χ4n) is 0.777. The number of alkyl halides is 1. The number of hydrogen-bond donors (Lipinski definition) is 1. The van der Waals surface area contributed by atoms with Crippen LogP contribution in [0.15, 0.2) is 0 Å². The minimum atomic E-state index is -0.432. The lowest BCUT2D eigenvalue weighted by Crippen LogP contribution is -2.19. The number of esters is 1. The van der Waals surface area contributed by atoms with Crippen LogP contribution < -0.4 is 5.73 Å². The van der Waals surface area contributed by atoms with Crippen LogP contribution in [0.1, 0.15) is 12.8 Å². The molecule has 11 heavy (non-hydrogen) atoms. The standard InChI is InChI=1S/C7H14FNO2/c1-11-7(10)4-6(5-9)2-3-8/h6H,2-5,9H2,1H3. The normalized spacial score (nSPS) is 12.6. The first-order valence-corrected chi connectivity index (χ1v) is 3.57. The van der Waals surface area contributed by atoms with Crippen LogP contribution in [0.4, 0.5) is 4.39 Å². The lowest BCUT2D eigenvalue weighted by Gasteiger charge is -2.09. The maximum atomic E-state index is 11.8. The molecule has 0 radical (unpaired) electrons. The second kappa shape index (κ2) is 6.09. The van der Waals surface area contributed by atoms with Crippen LogP contribution in [-0.2, 0) is 9.53 Å². The van der Waals surface area contributed by atoms with Crippen molar-refractivity contribution in [3.05, 3.63) is 0 Å². The van der Waals surface area contributed by atoms with E-state index in [0.29, 0.717) is 13.0 Å². The van der Waals surface area contributed by atoms with Gasteiger partial charge in [-0.1, -0.05) is 0 Å². The SMILES string of the molecule is COC(=O)CC(CN)CCF. The highest BCUT2D eigenvalue weighted by molar-refractivity contribution is 5.69. The molecule has 0 saturated carbocycles. The van der Waals surface area contributed by atoms with Crippen LogP contribution in [0.2, 0.25) is 0 Å². The number of halogens is 1. The molecule has 0 aliphatic carbocycles. The van der Waals surface area contributed by atoms with Crippen LogP contribution in [0, 0.1) is 5.92 Å². The number of ether oxygens (including phenoxy) is 1.